The van der Waals surface area contributed by atoms with E-state index in [1.165, 1.54) is 0 Å². The number of nitrogens with zero attached hydrogens (tertiary/aromatic N) is 3. The van der Waals surface area contributed by atoms with Gasteiger partial charge in [0.25, 0.3) is 5.91 Å². The van der Waals surface area contributed by atoms with Crippen LogP contribution in [0.2, 0.25) is 0 Å². The van der Waals surface area contributed by atoms with Gasteiger partial charge in [0, 0.05) is 73.6 Å². The molecule has 0 saturated carbocycles. The van der Waals surface area contributed by atoms with Crippen LogP contribution in [0.5, 0.6) is 28.7 Å². The molecule has 0 spiro atoms. The van der Waals surface area contributed by atoms with Gasteiger partial charge in [-0.3, -0.25) is 24.6 Å². The lowest BCUT2D eigenvalue weighted by atomic mass is 10.0. The van der Waals surface area contributed by atoms with Crippen LogP contribution in [0.1, 0.15) is 35.2 Å². The van der Waals surface area contributed by atoms with E-state index in [1.54, 1.807) is 35.5 Å². The molecule has 1 aromatic heterocycles. The zero-order chi connectivity index (χ0) is 38.6. The van der Waals surface area contributed by atoms with Crippen LogP contribution < -0.4 is 24.8 Å². The highest BCUT2D eigenvalue weighted by Gasteiger charge is 2.39. The van der Waals surface area contributed by atoms with Crippen molar-refractivity contribution in [2.24, 2.45) is 0 Å². The van der Waals surface area contributed by atoms with Gasteiger partial charge >= 0.3 is 0 Å². The minimum atomic E-state index is -0.602. The highest BCUT2D eigenvalue weighted by atomic mass is 32.1. The summed E-state index contributed by atoms with van der Waals surface area (Å²) in [7, 11) is 1.65. The molecule has 1 unspecified atom stereocenters. The summed E-state index contributed by atoms with van der Waals surface area (Å²) in [5.41, 5.74) is 3.50. The largest absolute Gasteiger partial charge is 0.508 e. The van der Waals surface area contributed by atoms with Crippen molar-refractivity contribution in [3.63, 3.8) is 0 Å². The van der Waals surface area contributed by atoms with E-state index in [0.29, 0.717) is 30.9 Å². The number of carbonyl (C=O) groups is 3. The van der Waals surface area contributed by atoms with E-state index < -0.39 is 11.9 Å². The Hall–Kier alpha value is -5.63. The zero-order valence-electron chi connectivity index (χ0n) is 31.3. The quantitative estimate of drug-likeness (QED) is 0.0868. The third-order valence-corrected chi connectivity index (χ3v) is 11.9. The number of nitrogens with one attached hydrogen (secondary N) is 2. The van der Waals surface area contributed by atoms with E-state index >= 15 is 0 Å². The van der Waals surface area contributed by atoms with Crippen molar-refractivity contribution >= 4 is 44.8 Å². The second-order valence-electron chi connectivity index (χ2n) is 14.3. The van der Waals surface area contributed by atoms with E-state index in [2.05, 4.69) is 20.4 Å². The van der Waals surface area contributed by atoms with E-state index in [9.17, 15) is 19.5 Å². The number of thiophene rings is 1. The van der Waals surface area contributed by atoms with Crippen molar-refractivity contribution in [2.45, 2.75) is 31.8 Å². The number of aromatic hydroxyl groups is 1. The molecule has 3 aliphatic heterocycles. The Bertz CT molecular complexity index is 2220. The summed E-state index contributed by atoms with van der Waals surface area (Å²) < 4.78 is 18.9. The van der Waals surface area contributed by atoms with Gasteiger partial charge < -0.3 is 34.4 Å². The molecule has 13 heteroatoms. The van der Waals surface area contributed by atoms with Crippen molar-refractivity contribution in [1.82, 2.24) is 20.0 Å². The molecule has 8 rings (SSSR count). The van der Waals surface area contributed by atoms with Crippen LogP contribution >= 0.6 is 11.3 Å². The average molecular weight is 776 g/mol. The van der Waals surface area contributed by atoms with Crippen LogP contribution in [-0.2, 0) is 16.1 Å². The number of anilines is 1. The van der Waals surface area contributed by atoms with Crippen molar-refractivity contribution < 1.29 is 33.7 Å². The van der Waals surface area contributed by atoms with Crippen LogP contribution in [0.25, 0.3) is 20.5 Å². The van der Waals surface area contributed by atoms with Crippen molar-refractivity contribution in [3.8, 4) is 39.2 Å². The first-order valence-electron chi connectivity index (χ1n) is 19.1. The number of benzene rings is 4. The molecule has 4 aromatic carbocycles. The highest BCUT2D eigenvalue weighted by Crippen LogP contribution is 2.47. The monoisotopic (exact) mass is 775 g/mol. The molecule has 290 valence electrons. The van der Waals surface area contributed by atoms with E-state index in [1.807, 2.05) is 72.8 Å². The second kappa shape index (κ2) is 16.6. The number of hydrogen-bond donors (Lipinski definition) is 3. The van der Waals surface area contributed by atoms with Gasteiger partial charge in [0.1, 0.15) is 35.6 Å². The number of ether oxygens (including phenoxy) is 3. The van der Waals surface area contributed by atoms with Gasteiger partial charge in [0.15, 0.2) is 5.75 Å². The molecule has 3 amide bonds. The van der Waals surface area contributed by atoms with Crippen molar-refractivity contribution in [2.75, 3.05) is 64.8 Å². The second-order valence-corrected chi connectivity index (χ2v) is 15.4. The standard InChI is InChI=1S/C43H45N5O7S/c1-53-32-7-3-28(4-8-32)41-40(36-14-6-31(49)26-38(36)56-41)55-34-11-9-33(10-12-34)54-24-23-47-21-19-46(20-22-47)18-2-17-44-30-5-13-35-29(25-30)27-48(43(35)52)37-15-16-39(50)45-42(37)51/h3-14,25-26,37,44,49H,2,15-24,27H2,1H3,(H,45,50,51). The first-order chi connectivity index (χ1) is 27.3. The number of methoxy groups -OCH3 is 1. The Balaban J connectivity index is 0.753. The predicted octanol–water partition coefficient (Wildman–Crippen LogP) is 6.33. The van der Waals surface area contributed by atoms with Crippen LogP contribution in [0.3, 0.4) is 0 Å². The lowest BCUT2D eigenvalue weighted by Crippen LogP contribution is -2.52. The first-order valence-corrected chi connectivity index (χ1v) is 19.9. The minimum absolute atomic E-state index is 0.153. The van der Waals surface area contributed by atoms with Gasteiger partial charge in [0.2, 0.25) is 11.8 Å². The molecule has 2 fully saturated rings. The van der Waals surface area contributed by atoms with E-state index in [4.69, 9.17) is 14.2 Å². The summed E-state index contributed by atoms with van der Waals surface area (Å²) >= 11 is 1.58. The summed E-state index contributed by atoms with van der Waals surface area (Å²) in [6, 6.07) is 26.1. The Labute approximate surface area is 329 Å². The van der Waals surface area contributed by atoms with E-state index in [0.717, 1.165) is 101 Å². The highest BCUT2D eigenvalue weighted by molar-refractivity contribution is 7.22. The normalized spacial score (nSPS) is 17.6. The Morgan fingerprint density at radius 1 is 0.857 bits per heavy atom. The smallest absolute Gasteiger partial charge is 0.255 e. The molecular formula is C43H45N5O7S. The van der Waals surface area contributed by atoms with Gasteiger partial charge in [0.05, 0.1) is 12.0 Å². The summed E-state index contributed by atoms with van der Waals surface area (Å²) in [5, 5.41) is 16.9. The Morgan fingerprint density at radius 2 is 1.59 bits per heavy atom. The Morgan fingerprint density at radius 3 is 2.34 bits per heavy atom. The fourth-order valence-corrected chi connectivity index (χ4v) is 8.73. The lowest BCUT2D eigenvalue weighted by Gasteiger charge is -2.34. The van der Waals surface area contributed by atoms with Gasteiger partial charge in [-0.1, -0.05) is 0 Å². The maximum absolute atomic E-state index is 13.0. The number of piperidine rings is 1. The number of hydrogen-bond acceptors (Lipinski definition) is 11. The van der Waals surface area contributed by atoms with E-state index in [-0.39, 0.29) is 24.0 Å². The maximum atomic E-state index is 13.0. The molecule has 4 heterocycles. The molecule has 1 atom stereocenters. The summed E-state index contributed by atoms with van der Waals surface area (Å²) in [6.07, 6.45) is 1.61. The molecule has 5 aromatic rings. The number of rotatable bonds is 14. The number of phenolic OH excluding ortho intramolecular Hbond substituents is 1. The molecule has 0 aliphatic carbocycles. The first kappa shape index (κ1) is 37.3. The summed E-state index contributed by atoms with van der Waals surface area (Å²) in [6.45, 7) is 7.67. The molecular weight excluding hydrogens is 731 g/mol. The number of imide groups is 1. The van der Waals surface area contributed by atoms with Gasteiger partial charge in [-0.25, -0.2) is 0 Å². The van der Waals surface area contributed by atoms with Crippen LogP contribution in [0.4, 0.5) is 5.69 Å². The molecule has 2 saturated heterocycles. The number of phenols is 1. The third-order valence-electron chi connectivity index (χ3n) is 10.7. The molecule has 0 radical (unpaired) electrons. The molecule has 12 nitrogen and oxygen atoms in total. The molecule has 56 heavy (non-hydrogen) atoms. The average Bonchev–Trinajstić information content (AvgIpc) is 3.73. The van der Waals surface area contributed by atoms with Gasteiger partial charge in [-0.05, 0) is 115 Å². The maximum Gasteiger partial charge on any atom is 0.255 e. The predicted molar refractivity (Wildman–Crippen MR) is 216 cm³/mol. The SMILES string of the molecule is COc1ccc(-c2sc3cc(O)ccc3c2Oc2ccc(OCCN3CCN(CCCNc4ccc5c(c4)CN(C4CCC(=O)NC4=O)C5=O)CC3)cc2)cc1. The number of fused-ring (bicyclic) bond motifs is 2. The Kier molecular flexibility index (Phi) is 11.1. The van der Waals surface area contributed by atoms with Crippen LogP contribution in [-0.4, -0.2) is 103 Å². The topological polar surface area (TPSA) is 133 Å². The number of amides is 3. The zero-order valence-corrected chi connectivity index (χ0v) is 32.1. The number of piperazine rings is 1. The van der Waals surface area contributed by atoms with Crippen molar-refractivity contribution in [1.29, 1.82) is 0 Å². The molecule has 3 aliphatic rings. The molecule has 3 N–H and O–H groups in total. The lowest BCUT2D eigenvalue weighted by molar-refractivity contribution is -0.136. The number of carbonyl (C=O) groups excluding carboxylic acids is 3. The fraction of sp³-hybridized carbons (Fsp3) is 0.326. The van der Waals surface area contributed by atoms with Crippen molar-refractivity contribution in [3.05, 3.63) is 96.1 Å². The molecule has 0 bridgehead atoms. The summed E-state index contributed by atoms with van der Waals surface area (Å²) in [5.74, 6) is 2.42. The third kappa shape index (κ3) is 8.30. The minimum Gasteiger partial charge on any atom is -0.508 e. The van der Waals surface area contributed by atoms with Gasteiger partial charge in [-0.2, -0.15) is 0 Å². The van der Waals surface area contributed by atoms with Gasteiger partial charge in [-0.15, -0.1) is 11.3 Å². The van der Waals surface area contributed by atoms with Crippen LogP contribution in [0, 0.1) is 0 Å². The fourth-order valence-electron chi connectivity index (χ4n) is 7.57. The van der Waals surface area contributed by atoms with Crippen LogP contribution in [0.15, 0.2) is 84.9 Å². The summed E-state index contributed by atoms with van der Waals surface area (Å²) in [4.78, 5) is 44.4.